The van der Waals surface area contributed by atoms with Crippen LogP contribution in [0.4, 0.5) is 10.1 Å². The number of benzene rings is 2. The Labute approximate surface area is 117 Å². The number of nitrogens with two attached hydrogens (primary N) is 1. The molecule has 0 heterocycles. The van der Waals surface area contributed by atoms with Gasteiger partial charge in [-0.15, -0.1) is 0 Å². The van der Waals surface area contributed by atoms with Gasteiger partial charge in [-0.2, -0.15) is 0 Å². The van der Waals surface area contributed by atoms with Crippen molar-refractivity contribution in [2.45, 2.75) is 19.9 Å². The molecule has 0 saturated carbocycles. The van der Waals surface area contributed by atoms with Crippen LogP contribution in [-0.2, 0) is 0 Å². The molecular weight excluding hydrogens is 255 g/mol. The Kier molecular flexibility index (Phi) is 4.15. The van der Waals surface area contributed by atoms with Gasteiger partial charge in [0.05, 0.1) is 0 Å². The molecule has 1 atom stereocenters. The van der Waals surface area contributed by atoms with Crippen LogP contribution in [0.3, 0.4) is 0 Å². The second kappa shape index (κ2) is 5.84. The van der Waals surface area contributed by atoms with Crippen molar-refractivity contribution in [2.24, 2.45) is 5.73 Å². The fourth-order valence-corrected chi connectivity index (χ4v) is 1.94. The fourth-order valence-electron chi connectivity index (χ4n) is 1.94. The summed E-state index contributed by atoms with van der Waals surface area (Å²) < 4.78 is 13.2. The summed E-state index contributed by atoms with van der Waals surface area (Å²) in [6.07, 6.45) is 0. The standard InChI is InChI=1S/C16H17FN2O/c1-10-6-7-13(17)9-15(10)16(20)19-14-5-3-4-12(8-14)11(2)18/h3-9,11H,18H2,1-2H3,(H,19,20). The molecule has 0 aliphatic rings. The molecular formula is C16H17FN2O. The van der Waals surface area contributed by atoms with Crippen LogP contribution >= 0.6 is 0 Å². The van der Waals surface area contributed by atoms with Crippen LogP contribution in [0.15, 0.2) is 42.5 Å². The second-order valence-corrected chi connectivity index (χ2v) is 4.83. The first-order chi connectivity index (χ1) is 9.47. The summed E-state index contributed by atoms with van der Waals surface area (Å²) in [6.45, 7) is 3.64. The molecule has 3 nitrogen and oxygen atoms in total. The first kappa shape index (κ1) is 14.2. The summed E-state index contributed by atoms with van der Waals surface area (Å²) >= 11 is 0. The minimum absolute atomic E-state index is 0.109. The largest absolute Gasteiger partial charge is 0.324 e. The average Bonchev–Trinajstić information content (AvgIpc) is 2.41. The van der Waals surface area contributed by atoms with E-state index < -0.39 is 5.82 Å². The Morgan fingerprint density at radius 3 is 2.70 bits per heavy atom. The molecule has 20 heavy (non-hydrogen) atoms. The molecule has 2 aromatic carbocycles. The second-order valence-electron chi connectivity index (χ2n) is 4.83. The Morgan fingerprint density at radius 2 is 2.00 bits per heavy atom. The summed E-state index contributed by atoms with van der Waals surface area (Å²) in [4.78, 5) is 12.2. The predicted molar refractivity (Wildman–Crippen MR) is 78.1 cm³/mol. The van der Waals surface area contributed by atoms with E-state index in [1.165, 1.54) is 12.1 Å². The van der Waals surface area contributed by atoms with Crippen molar-refractivity contribution < 1.29 is 9.18 Å². The highest BCUT2D eigenvalue weighted by Gasteiger charge is 2.11. The average molecular weight is 272 g/mol. The number of hydrogen-bond donors (Lipinski definition) is 2. The Bertz CT molecular complexity index is 638. The zero-order chi connectivity index (χ0) is 14.7. The summed E-state index contributed by atoms with van der Waals surface area (Å²) in [5, 5.41) is 2.76. The van der Waals surface area contributed by atoms with Gasteiger partial charge in [-0.25, -0.2) is 4.39 Å². The van der Waals surface area contributed by atoms with Gasteiger partial charge in [0.15, 0.2) is 0 Å². The van der Waals surface area contributed by atoms with Crippen LogP contribution in [0.2, 0.25) is 0 Å². The van der Waals surface area contributed by atoms with E-state index in [0.717, 1.165) is 11.1 Å². The third-order valence-electron chi connectivity index (χ3n) is 3.11. The Balaban J connectivity index is 2.23. The first-order valence-electron chi connectivity index (χ1n) is 6.40. The molecule has 104 valence electrons. The van der Waals surface area contributed by atoms with Crippen LogP contribution in [0.5, 0.6) is 0 Å². The van der Waals surface area contributed by atoms with Crippen molar-refractivity contribution in [1.82, 2.24) is 0 Å². The number of aryl methyl sites for hydroxylation is 1. The summed E-state index contributed by atoms with van der Waals surface area (Å²) in [5.74, 6) is -0.756. The van der Waals surface area contributed by atoms with Gasteiger partial charge in [-0.05, 0) is 49.2 Å². The SMILES string of the molecule is Cc1ccc(F)cc1C(=O)Nc1cccc(C(C)N)c1. The van der Waals surface area contributed by atoms with Crippen molar-refractivity contribution in [2.75, 3.05) is 5.32 Å². The highest BCUT2D eigenvalue weighted by molar-refractivity contribution is 6.05. The summed E-state index contributed by atoms with van der Waals surface area (Å²) in [5.41, 5.74) is 8.44. The third-order valence-corrected chi connectivity index (χ3v) is 3.11. The van der Waals surface area contributed by atoms with E-state index in [4.69, 9.17) is 5.73 Å². The zero-order valence-corrected chi connectivity index (χ0v) is 11.5. The molecule has 0 aromatic heterocycles. The molecule has 0 aliphatic heterocycles. The maximum atomic E-state index is 13.2. The lowest BCUT2D eigenvalue weighted by atomic mass is 10.1. The van der Waals surface area contributed by atoms with Crippen LogP contribution < -0.4 is 11.1 Å². The minimum atomic E-state index is -0.426. The van der Waals surface area contributed by atoms with Gasteiger partial charge < -0.3 is 11.1 Å². The minimum Gasteiger partial charge on any atom is -0.324 e. The lowest BCUT2D eigenvalue weighted by molar-refractivity contribution is 0.102. The third kappa shape index (κ3) is 3.22. The molecule has 0 bridgehead atoms. The zero-order valence-electron chi connectivity index (χ0n) is 11.5. The maximum absolute atomic E-state index is 13.2. The number of carbonyl (C=O) groups is 1. The van der Waals surface area contributed by atoms with E-state index in [9.17, 15) is 9.18 Å². The number of rotatable bonds is 3. The maximum Gasteiger partial charge on any atom is 0.256 e. The van der Waals surface area contributed by atoms with Crippen molar-refractivity contribution in [3.8, 4) is 0 Å². The predicted octanol–water partition coefficient (Wildman–Crippen LogP) is 3.41. The van der Waals surface area contributed by atoms with Gasteiger partial charge >= 0.3 is 0 Å². The van der Waals surface area contributed by atoms with Crippen molar-refractivity contribution in [3.05, 3.63) is 65.0 Å². The number of amides is 1. The normalized spacial score (nSPS) is 12.0. The van der Waals surface area contributed by atoms with Crippen LogP contribution in [0.1, 0.15) is 34.5 Å². The van der Waals surface area contributed by atoms with E-state index in [-0.39, 0.29) is 11.9 Å². The summed E-state index contributed by atoms with van der Waals surface area (Å²) in [6, 6.07) is 11.4. The molecule has 0 saturated heterocycles. The molecule has 4 heteroatoms. The van der Waals surface area contributed by atoms with Crippen molar-refractivity contribution >= 4 is 11.6 Å². The van der Waals surface area contributed by atoms with E-state index in [1.54, 1.807) is 19.1 Å². The lowest BCUT2D eigenvalue weighted by Gasteiger charge is -2.11. The van der Waals surface area contributed by atoms with Gasteiger partial charge in [0, 0.05) is 17.3 Å². The fraction of sp³-hybridized carbons (Fsp3) is 0.188. The highest BCUT2D eigenvalue weighted by Crippen LogP contribution is 2.17. The smallest absolute Gasteiger partial charge is 0.256 e. The van der Waals surface area contributed by atoms with Gasteiger partial charge in [-0.3, -0.25) is 4.79 Å². The van der Waals surface area contributed by atoms with E-state index in [1.807, 2.05) is 25.1 Å². The van der Waals surface area contributed by atoms with Crippen LogP contribution in [0.25, 0.3) is 0 Å². The van der Waals surface area contributed by atoms with E-state index in [0.29, 0.717) is 11.3 Å². The van der Waals surface area contributed by atoms with E-state index >= 15 is 0 Å². The molecule has 0 radical (unpaired) electrons. The van der Waals surface area contributed by atoms with Gasteiger partial charge in [0.25, 0.3) is 5.91 Å². The van der Waals surface area contributed by atoms with Crippen molar-refractivity contribution in [1.29, 1.82) is 0 Å². The van der Waals surface area contributed by atoms with Gasteiger partial charge in [-0.1, -0.05) is 18.2 Å². The molecule has 2 aromatic rings. The number of hydrogen-bond acceptors (Lipinski definition) is 2. The topological polar surface area (TPSA) is 55.1 Å². The molecule has 1 amide bonds. The number of halogens is 1. The van der Waals surface area contributed by atoms with Crippen LogP contribution in [-0.4, -0.2) is 5.91 Å². The quantitative estimate of drug-likeness (QED) is 0.899. The van der Waals surface area contributed by atoms with Crippen molar-refractivity contribution in [3.63, 3.8) is 0 Å². The molecule has 3 N–H and O–H groups in total. The van der Waals surface area contributed by atoms with Gasteiger partial charge in [0.2, 0.25) is 0 Å². The number of nitrogens with one attached hydrogen (secondary N) is 1. The highest BCUT2D eigenvalue weighted by atomic mass is 19.1. The molecule has 0 fully saturated rings. The van der Waals surface area contributed by atoms with E-state index in [2.05, 4.69) is 5.32 Å². The molecule has 0 aliphatic carbocycles. The number of carbonyl (C=O) groups excluding carboxylic acids is 1. The van der Waals surface area contributed by atoms with Crippen LogP contribution in [0, 0.1) is 12.7 Å². The molecule has 1 unspecified atom stereocenters. The monoisotopic (exact) mass is 272 g/mol. The summed E-state index contributed by atoms with van der Waals surface area (Å²) in [7, 11) is 0. The number of anilines is 1. The molecule has 2 rings (SSSR count). The van der Waals surface area contributed by atoms with Gasteiger partial charge in [0.1, 0.15) is 5.82 Å². The first-order valence-corrected chi connectivity index (χ1v) is 6.40. The lowest BCUT2D eigenvalue weighted by Crippen LogP contribution is -2.14. The Hall–Kier alpha value is -2.20. The molecule has 0 spiro atoms. The Morgan fingerprint density at radius 1 is 1.25 bits per heavy atom.